The molecule has 1 aliphatic rings. The lowest BCUT2D eigenvalue weighted by atomic mass is 9.95. The normalized spacial score (nSPS) is 16.1. The number of halogens is 2. The summed E-state index contributed by atoms with van der Waals surface area (Å²) in [6.45, 7) is 0.927. The summed E-state index contributed by atoms with van der Waals surface area (Å²) in [7, 11) is 0. The number of rotatable bonds is 4. The second-order valence-corrected chi connectivity index (χ2v) is 6.83. The van der Waals surface area contributed by atoms with E-state index in [9.17, 15) is 14.9 Å². The molecule has 0 saturated heterocycles. The largest absolute Gasteiger partial charge is 0.457 e. The first-order valence-electron chi connectivity index (χ1n) is 8.22. The van der Waals surface area contributed by atoms with Gasteiger partial charge in [0.1, 0.15) is 23.2 Å². The van der Waals surface area contributed by atoms with Crippen LogP contribution in [0.25, 0.3) is 17.4 Å². The van der Waals surface area contributed by atoms with Crippen molar-refractivity contribution in [3.63, 3.8) is 0 Å². The molecule has 1 N–H and O–H groups in total. The van der Waals surface area contributed by atoms with Crippen LogP contribution in [0.2, 0.25) is 10.0 Å². The molecule has 0 aliphatic carbocycles. The van der Waals surface area contributed by atoms with Gasteiger partial charge in [0, 0.05) is 16.2 Å². The zero-order valence-electron chi connectivity index (χ0n) is 14.7. The molecule has 0 spiro atoms. The first-order chi connectivity index (χ1) is 13.4. The summed E-state index contributed by atoms with van der Waals surface area (Å²) in [6.07, 6.45) is 1.46. The molecule has 2 aromatic rings. The predicted molar refractivity (Wildman–Crippen MR) is 104 cm³/mol. The number of imide groups is 1. The molecule has 0 bridgehead atoms. The summed E-state index contributed by atoms with van der Waals surface area (Å²) in [4.78, 5) is 25.8. The summed E-state index contributed by atoms with van der Waals surface area (Å²) in [5.74, 6) is -0.496. The predicted octanol–water partition coefficient (Wildman–Crippen LogP) is 3.84. The highest BCUT2D eigenvalue weighted by atomic mass is 35.5. The van der Waals surface area contributed by atoms with Gasteiger partial charge in [-0.2, -0.15) is 5.26 Å². The first-order valence-corrected chi connectivity index (χ1v) is 8.98. The number of hydrogen-bond donors (Lipinski definition) is 1. The highest BCUT2D eigenvalue weighted by Gasteiger charge is 2.35. The summed E-state index contributed by atoms with van der Waals surface area (Å²) in [5, 5.41) is 19.3. The Kier molecular flexibility index (Phi) is 5.71. The Labute approximate surface area is 170 Å². The molecule has 3 rings (SSSR count). The second kappa shape index (κ2) is 8.03. The lowest BCUT2D eigenvalue weighted by Gasteiger charge is -2.26. The topological polar surface area (TPSA) is 94.5 Å². The smallest absolute Gasteiger partial charge is 0.271 e. The molecular weight excluding hydrogens is 403 g/mol. The summed E-state index contributed by atoms with van der Waals surface area (Å²) >= 11 is 12.1. The monoisotopic (exact) mass is 416 g/mol. The summed E-state index contributed by atoms with van der Waals surface area (Å²) in [5.41, 5.74) is 0.890. The van der Waals surface area contributed by atoms with E-state index in [1.165, 1.54) is 13.0 Å². The Morgan fingerprint density at radius 1 is 1.21 bits per heavy atom. The molecule has 142 valence electrons. The van der Waals surface area contributed by atoms with Crippen molar-refractivity contribution in [2.24, 2.45) is 0 Å². The van der Waals surface area contributed by atoms with Crippen molar-refractivity contribution < 1.29 is 19.1 Å². The van der Waals surface area contributed by atoms with Crippen molar-refractivity contribution in [1.29, 1.82) is 5.26 Å². The minimum absolute atomic E-state index is 0.146. The molecule has 2 heterocycles. The van der Waals surface area contributed by atoms with Crippen LogP contribution in [0, 0.1) is 11.3 Å². The van der Waals surface area contributed by atoms with Crippen LogP contribution in [-0.2, 0) is 9.59 Å². The van der Waals surface area contributed by atoms with Gasteiger partial charge in [0.15, 0.2) is 0 Å². The maximum absolute atomic E-state index is 12.7. The Balaban J connectivity index is 2.04. The second-order valence-electron chi connectivity index (χ2n) is 5.98. The number of carbonyl (C=O) groups is 2. The molecule has 2 amide bonds. The number of hydrogen-bond acceptors (Lipinski definition) is 5. The van der Waals surface area contributed by atoms with Gasteiger partial charge >= 0.3 is 0 Å². The van der Waals surface area contributed by atoms with Gasteiger partial charge in [-0.1, -0.05) is 23.2 Å². The highest BCUT2D eigenvalue weighted by Crippen LogP contribution is 2.33. The minimum atomic E-state index is -0.718. The Morgan fingerprint density at radius 2 is 1.96 bits per heavy atom. The maximum atomic E-state index is 12.7. The van der Waals surface area contributed by atoms with Crippen LogP contribution < -0.4 is 0 Å². The molecule has 1 aliphatic heterocycles. The van der Waals surface area contributed by atoms with E-state index in [0.29, 0.717) is 27.1 Å². The number of carbonyl (C=O) groups excluding carboxylic acids is 2. The quantitative estimate of drug-likeness (QED) is 0.603. The molecule has 8 heteroatoms. The van der Waals surface area contributed by atoms with Crippen molar-refractivity contribution in [1.82, 2.24) is 4.90 Å². The standard InChI is InChI=1S/C20H14Cl2N2O4/c1-11-15(19(26)24(6-7-25)20(27)16(11)10-23)9-13-3-5-18(28-13)14-4-2-12(21)8-17(14)22/h2-5,8-9,25H,6-7H2,1H3/b15-9+. The number of nitriles is 1. The number of amides is 2. The van der Waals surface area contributed by atoms with Crippen LogP contribution in [0.15, 0.2) is 51.5 Å². The molecule has 0 unspecified atom stereocenters. The molecule has 0 fully saturated rings. The van der Waals surface area contributed by atoms with Crippen molar-refractivity contribution in [3.05, 3.63) is 62.9 Å². The van der Waals surface area contributed by atoms with Gasteiger partial charge in [0.25, 0.3) is 11.8 Å². The molecule has 1 aromatic heterocycles. The number of aliphatic hydroxyl groups is 1. The lowest BCUT2D eigenvalue weighted by Crippen LogP contribution is -2.44. The van der Waals surface area contributed by atoms with E-state index in [1.807, 2.05) is 6.07 Å². The van der Waals surface area contributed by atoms with Crippen LogP contribution in [0.3, 0.4) is 0 Å². The average molecular weight is 417 g/mol. The number of β-amino-alcohol motifs (C(OH)–C–C–N with tert-alkyl or cyclic N) is 1. The fourth-order valence-corrected chi connectivity index (χ4v) is 3.34. The Morgan fingerprint density at radius 3 is 2.61 bits per heavy atom. The molecule has 0 atom stereocenters. The molecule has 0 saturated carbocycles. The maximum Gasteiger partial charge on any atom is 0.271 e. The van der Waals surface area contributed by atoms with E-state index in [1.54, 1.807) is 30.3 Å². The van der Waals surface area contributed by atoms with Gasteiger partial charge in [-0.05, 0) is 48.9 Å². The number of benzene rings is 1. The summed E-state index contributed by atoms with van der Waals surface area (Å²) in [6, 6.07) is 10.1. The zero-order chi connectivity index (χ0) is 20.4. The zero-order valence-corrected chi connectivity index (χ0v) is 16.2. The van der Waals surface area contributed by atoms with E-state index in [2.05, 4.69) is 0 Å². The molecular formula is C20H14Cl2N2O4. The molecule has 28 heavy (non-hydrogen) atoms. The number of aliphatic hydroxyl groups excluding tert-OH is 1. The van der Waals surface area contributed by atoms with Crippen molar-refractivity contribution in [3.8, 4) is 17.4 Å². The van der Waals surface area contributed by atoms with Crippen molar-refractivity contribution >= 4 is 41.1 Å². The van der Waals surface area contributed by atoms with E-state index in [0.717, 1.165) is 4.90 Å². The van der Waals surface area contributed by atoms with Gasteiger partial charge in [0.05, 0.1) is 18.2 Å². The van der Waals surface area contributed by atoms with E-state index in [-0.39, 0.29) is 23.3 Å². The van der Waals surface area contributed by atoms with Crippen LogP contribution in [0.5, 0.6) is 0 Å². The van der Waals surface area contributed by atoms with E-state index >= 15 is 0 Å². The van der Waals surface area contributed by atoms with Crippen LogP contribution in [-0.4, -0.2) is 35.0 Å². The van der Waals surface area contributed by atoms with Gasteiger partial charge in [0.2, 0.25) is 0 Å². The van der Waals surface area contributed by atoms with Crippen LogP contribution in [0.1, 0.15) is 12.7 Å². The number of nitrogens with zero attached hydrogens (tertiary/aromatic N) is 2. The summed E-state index contributed by atoms with van der Waals surface area (Å²) < 4.78 is 5.77. The third-order valence-electron chi connectivity index (χ3n) is 4.26. The fraction of sp³-hybridized carbons (Fsp3) is 0.150. The number of furan rings is 1. The van der Waals surface area contributed by atoms with Crippen LogP contribution >= 0.6 is 23.2 Å². The first kappa shape index (κ1) is 19.9. The fourth-order valence-electron chi connectivity index (χ4n) is 2.84. The SMILES string of the molecule is CC1=C(C#N)C(=O)N(CCO)C(=O)/C1=C/c1ccc(-c2ccc(Cl)cc2Cl)o1. The Hall–Kier alpha value is -2.85. The third-order valence-corrected chi connectivity index (χ3v) is 4.81. The van der Waals surface area contributed by atoms with Gasteiger partial charge in [-0.25, -0.2) is 0 Å². The average Bonchev–Trinajstić information content (AvgIpc) is 3.11. The lowest BCUT2D eigenvalue weighted by molar-refractivity contribution is -0.140. The Bertz CT molecular complexity index is 1080. The molecule has 6 nitrogen and oxygen atoms in total. The van der Waals surface area contributed by atoms with Gasteiger partial charge in [-0.3, -0.25) is 14.5 Å². The van der Waals surface area contributed by atoms with Crippen molar-refractivity contribution in [2.75, 3.05) is 13.2 Å². The van der Waals surface area contributed by atoms with E-state index in [4.69, 9.17) is 32.7 Å². The molecule has 1 aromatic carbocycles. The minimum Gasteiger partial charge on any atom is -0.457 e. The van der Waals surface area contributed by atoms with Crippen LogP contribution in [0.4, 0.5) is 0 Å². The third kappa shape index (κ3) is 3.60. The van der Waals surface area contributed by atoms with Gasteiger partial charge < -0.3 is 9.52 Å². The highest BCUT2D eigenvalue weighted by molar-refractivity contribution is 6.36. The van der Waals surface area contributed by atoms with Crippen molar-refractivity contribution in [2.45, 2.75) is 6.92 Å². The van der Waals surface area contributed by atoms with Gasteiger partial charge in [-0.15, -0.1) is 0 Å². The van der Waals surface area contributed by atoms with E-state index < -0.39 is 18.4 Å². The molecule has 0 radical (unpaired) electrons.